The van der Waals surface area contributed by atoms with Crippen LogP contribution in [-0.2, 0) is 9.59 Å². The van der Waals surface area contributed by atoms with E-state index in [-0.39, 0.29) is 17.2 Å². The average Bonchev–Trinajstić information content (AvgIpc) is 2.62. The molecule has 0 spiro atoms. The molecule has 1 saturated carbocycles. The molecule has 0 aromatic carbocycles. The van der Waals surface area contributed by atoms with Crippen LogP contribution < -0.4 is 5.43 Å². The number of rotatable bonds is 1. The first-order valence-electron chi connectivity index (χ1n) is 4.23. The van der Waals surface area contributed by atoms with Gasteiger partial charge in [0.2, 0.25) is 11.8 Å². The largest absolute Gasteiger partial charge is 0.273 e. The number of nitrogens with one attached hydrogen (secondary N) is 1. The third-order valence-electron chi connectivity index (χ3n) is 2.58. The lowest BCUT2D eigenvalue weighted by Crippen LogP contribution is -2.42. The summed E-state index contributed by atoms with van der Waals surface area (Å²) in [5, 5.41) is 1.45. The van der Waals surface area contributed by atoms with E-state index < -0.39 is 0 Å². The minimum atomic E-state index is -0.169. The molecule has 66 valence electrons. The monoisotopic (exact) mass is 168 g/mol. The SMILES string of the molecule is CC1(C(=O)N2CCC(=O)N2)CC1. The molecular weight excluding hydrogens is 156 g/mol. The summed E-state index contributed by atoms with van der Waals surface area (Å²) in [6.45, 7) is 2.48. The van der Waals surface area contributed by atoms with Crippen molar-refractivity contribution in [1.82, 2.24) is 10.4 Å². The van der Waals surface area contributed by atoms with Crippen molar-refractivity contribution in [3.8, 4) is 0 Å². The van der Waals surface area contributed by atoms with Crippen molar-refractivity contribution < 1.29 is 9.59 Å². The van der Waals surface area contributed by atoms with E-state index in [0.717, 1.165) is 12.8 Å². The second-order valence-corrected chi connectivity index (χ2v) is 3.80. The number of amides is 2. The van der Waals surface area contributed by atoms with Gasteiger partial charge in [0.1, 0.15) is 0 Å². The minimum absolute atomic E-state index is 0.0485. The van der Waals surface area contributed by atoms with E-state index in [2.05, 4.69) is 5.43 Å². The quantitative estimate of drug-likeness (QED) is 0.601. The number of nitrogens with zero attached hydrogens (tertiary/aromatic N) is 1. The van der Waals surface area contributed by atoms with Crippen LogP contribution in [0, 0.1) is 5.41 Å². The van der Waals surface area contributed by atoms with Crippen molar-refractivity contribution >= 4 is 11.8 Å². The van der Waals surface area contributed by atoms with Gasteiger partial charge in [0, 0.05) is 11.8 Å². The van der Waals surface area contributed by atoms with Crippen molar-refractivity contribution in [3.05, 3.63) is 0 Å². The Morgan fingerprint density at radius 1 is 1.58 bits per heavy atom. The van der Waals surface area contributed by atoms with Crippen LogP contribution in [0.3, 0.4) is 0 Å². The molecular formula is C8H12N2O2. The highest BCUT2D eigenvalue weighted by atomic mass is 16.2. The molecule has 1 N–H and O–H groups in total. The van der Waals surface area contributed by atoms with Crippen molar-refractivity contribution in [3.63, 3.8) is 0 Å². The van der Waals surface area contributed by atoms with Crippen molar-refractivity contribution in [2.24, 2.45) is 5.41 Å². The molecule has 0 radical (unpaired) electrons. The number of hydrazine groups is 1. The van der Waals surface area contributed by atoms with Gasteiger partial charge >= 0.3 is 0 Å². The van der Waals surface area contributed by atoms with Crippen molar-refractivity contribution in [1.29, 1.82) is 0 Å². The number of hydrogen-bond donors (Lipinski definition) is 1. The third kappa shape index (κ3) is 1.07. The van der Waals surface area contributed by atoms with Gasteiger partial charge in [0.25, 0.3) is 0 Å². The van der Waals surface area contributed by atoms with Crippen molar-refractivity contribution in [2.75, 3.05) is 6.54 Å². The van der Waals surface area contributed by atoms with Crippen LogP contribution in [0.1, 0.15) is 26.2 Å². The van der Waals surface area contributed by atoms with Crippen LogP contribution in [0.15, 0.2) is 0 Å². The van der Waals surface area contributed by atoms with E-state index in [1.165, 1.54) is 5.01 Å². The fourth-order valence-electron chi connectivity index (χ4n) is 1.36. The van der Waals surface area contributed by atoms with Gasteiger partial charge in [-0.15, -0.1) is 0 Å². The van der Waals surface area contributed by atoms with Gasteiger partial charge in [-0.1, -0.05) is 6.92 Å². The molecule has 2 rings (SSSR count). The molecule has 1 heterocycles. The van der Waals surface area contributed by atoms with E-state index in [4.69, 9.17) is 0 Å². The van der Waals surface area contributed by atoms with Gasteiger partial charge in [-0.2, -0.15) is 0 Å². The summed E-state index contributed by atoms with van der Waals surface area (Å²) >= 11 is 0. The lowest BCUT2D eigenvalue weighted by Gasteiger charge is -2.18. The fraction of sp³-hybridized carbons (Fsp3) is 0.750. The van der Waals surface area contributed by atoms with E-state index in [9.17, 15) is 9.59 Å². The van der Waals surface area contributed by atoms with Gasteiger partial charge in [-0.25, -0.2) is 0 Å². The van der Waals surface area contributed by atoms with Gasteiger partial charge < -0.3 is 0 Å². The molecule has 0 aromatic rings. The van der Waals surface area contributed by atoms with E-state index >= 15 is 0 Å². The molecule has 0 aromatic heterocycles. The highest BCUT2D eigenvalue weighted by Gasteiger charge is 2.48. The molecule has 2 aliphatic rings. The minimum Gasteiger partial charge on any atom is -0.273 e. The van der Waals surface area contributed by atoms with E-state index in [1.54, 1.807) is 0 Å². The lowest BCUT2D eigenvalue weighted by atomic mass is 10.1. The molecule has 2 amide bonds. The van der Waals surface area contributed by atoms with Crippen LogP contribution in [0.2, 0.25) is 0 Å². The smallest absolute Gasteiger partial charge is 0.246 e. The molecule has 1 aliphatic carbocycles. The van der Waals surface area contributed by atoms with Gasteiger partial charge in [0.05, 0.1) is 6.54 Å². The van der Waals surface area contributed by atoms with E-state index in [1.807, 2.05) is 6.92 Å². The summed E-state index contributed by atoms with van der Waals surface area (Å²) in [4.78, 5) is 22.4. The zero-order valence-corrected chi connectivity index (χ0v) is 7.09. The Morgan fingerprint density at radius 3 is 2.67 bits per heavy atom. The average molecular weight is 168 g/mol. The molecule has 2 fully saturated rings. The Hall–Kier alpha value is -1.06. The van der Waals surface area contributed by atoms with Gasteiger partial charge in [-0.05, 0) is 12.8 Å². The van der Waals surface area contributed by atoms with Gasteiger partial charge in [0.15, 0.2) is 0 Å². The maximum atomic E-state index is 11.6. The Balaban J connectivity index is 2.01. The number of carbonyl (C=O) groups is 2. The first-order valence-corrected chi connectivity index (χ1v) is 4.23. The summed E-state index contributed by atoms with van der Waals surface area (Å²) in [6, 6.07) is 0. The van der Waals surface area contributed by atoms with Crippen LogP contribution in [0.4, 0.5) is 0 Å². The highest BCUT2D eigenvalue weighted by Crippen LogP contribution is 2.46. The Morgan fingerprint density at radius 2 is 2.25 bits per heavy atom. The van der Waals surface area contributed by atoms with Crippen LogP contribution >= 0.6 is 0 Å². The Kier molecular flexibility index (Phi) is 1.40. The standard InChI is InChI=1S/C8H12N2O2/c1-8(3-4-8)7(12)10-5-2-6(11)9-10/h2-5H2,1H3,(H,9,11). The topological polar surface area (TPSA) is 49.4 Å². The lowest BCUT2D eigenvalue weighted by molar-refractivity contribution is -0.140. The summed E-state index contributed by atoms with van der Waals surface area (Å²) in [5.41, 5.74) is 2.38. The number of hydrogen-bond acceptors (Lipinski definition) is 2. The molecule has 12 heavy (non-hydrogen) atoms. The number of carbonyl (C=O) groups excluding carboxylic acids is 2. The van der Waals surface area contributed by atoms with Crippen LogP contribution in [0.5, 0.6) is 0 Å². The first kappa shape index (κ1) is 7.58. The maximum Gasteiger partial charge on any atom is 0.246 e. The second kappa shape index (κ2) is 2.21. The second-order valence-electron chi connectivity index (χ2n) is 3.80. The predicted molar refractivity (Wildman–Crippen MR) is 41.8 cm³/mol. The fourth-order valence-corrected chi connectivity index (χ4v) is 1.36. The third-order valence-corrected chi connectivity index (χ3v) is 2.58. The Labute approximate surface area is 70.9 Å². The summed E-state index contributed by atoms with van der Waals surface area (Å²) in [5.74, 6) is 0.0287. The van der Waals surface area contributed by atoms with Crippen LogP contribution in [0.25, 0.3) is 0 Å². The van der Waals surface area contributed by atoms with Crippen LogP contribution in [-0.4, -0.2) is 23.4 Å². The molecule has 0 unspecified atom stereocenters. The normalized spacial score (nSPS) is 25.4. The zero-order chi connectivity index (χ0) is 8.77. The zero-order valence-electron chi connectivity index (χ0n) is 7.09. The summed E-state index contributed by atoms with van der Waals surface area (Å²) in [7, 11) is 0. The molecule has 1 aliphatic heterocycles. The molecule has 0 atom stereocenters. The highest BCUT2D eigenvalue weighted by molar-refractivity contribution is 5.89. The molecule has 4 heteroatoms. The maximum absolute atomic E-state index is 11.6. The summed E-state index contributed by atoms with van der Waals surface area (Å²) < 4.78 is 0. The van der Waals surface area contributed by atoms with Gasteiger partial charge in [-0.3, -0.25) is 20.0 Å². The Bertz CT molecular complexity index is 245. The predicted octanol–water partition coefficient (Wildman–Crippen LogP) is 0.0500. The van der Waals surface area contributed by atoms with E-state index in [0.29, 0.717) is 13.0 Å². The molecule has 1 saturated heterocycles. The molecule has 4 nitrogen and oxygen atoms in total. The van der Waals surface area contributed by atoms with Crippen molar-refractivity contribution in [2.45, 2.75) is 26.2 Å². The summed E-state index contributed by atoms with van der Waals surface area (Å²) in [6.07, 6.45) is 2.36. The first-order chi connectivity index (χ1) is 5.62. The molecule has 0 bridgehead atoms.